The number of hydrogen-bond acceptors (Lipinski definition) is 5. The van der Waals surface area contributed by atoms with Crippen molar-refractivity contribution in [1.82, 2.24) is 29.8 Å². The molecule has 1 N–H and O–H groups in total. The Morgan fingerprint density at radius 3 is 1.85 bits per heavy atom. The molecule has 0 amide bonds. The molecule has 2 heterocycles. The molecule has 0 aliphatic heterocycles. The van der Waals surface area contributed by atoms with Gasteiger partial charge in [0.05, 0.1) is 18.0 Å². The topological polar surface area (TPSA) is 81.7 Å². The molecule has 0 unspecified atom stereocenters. The molecule has 0 radical (unpaired) electrons. The summed E-state index contributed by atoms with van der Waals surface area (Å²) in [5, 5.41) is 26.8. The number of tetrazole rings is 1. The summed E-state index contributed by atoms with van der Waals surface area (Å²) in [6, 6.07) is 63.2. The molecule has 0 fully saturated rings. The molecule has 59 heavy (non-hydrogen) atoms. The highest BCUT2D eigenvalue weighted by atomic mass is 16.3. The van der Waals surface area contributed by atoms with Crippen LogP contribution in [0.1, 0.15) is 58.4 Å². The lowest BCUT2D eigenvalue weighted by atomic mass is 9.77. The summed E-state index contributed by atoms with van der Waals surface area (Å²) in [7, 11) is 0. The molecular weight excluding hydrogens is 725 g/mol. The number of nitrogens with zero attached hydrogens (tertiary/aromatic N) is 6. The number of fused-ring (bicyclic) bond motifs is 1. The van der Waals surface area contributed by atoms with Gasteiger partial charge in [-0.2, -0.15) is 0 Å². The molecule has 7 aromatic carbocycles. The Hall–Kier alpha value is -7.22. The van der Waals surface area contributed by atoms with Crippen LogP contribution in [0.4, 0.5) is 0 Å². The zero-order valence-electron chi connectivity index (χ0n) is 32.9. The van der Waals surface area contributed by atoms with E-state index < -0.39 is 5.54 Å². The average Bonchev–Trinajstić information content (AvgIpc) is 3.92. The predicted octanol–water partition coefficient (Wildman–Crippen LogP) is 10.9. The Kier molecular flexibility index (Phi) is 10.6. The summed E-state index contributed by atoms with van der Waals surface area (Å²) in [5.74, 6) is 1.62. The number of imidazole rings is 1. The first-order valence-corrected chi connectivity index (χ1v) is 20.2. The summed E-state index contributed by atoms with van der Waals surface area (Å²) in [6.07, 6.45) is 6.00. The maximum absolute atomic E-state index is 10.5. The Bertz CT molecular complexity index is 2740. The molecule has 7 heteroatoms. The fourth-order valence-electron chi connectivity index (χ4n) is 8.41. The summed E-state index contributed by atoms with van der Waals surface area (Å²) in [4.78, 5) is 4.93. The van der Waals surface area contributed by atoms with Gasteiger partial charge in [-0.25, -0.2) is 9.67 Å². The second-order valence-electron chi connectivity index (χ2n) is 14.7. The molecule has 9 rings (SSSR count). The Balaban J connectivity index is 1.10. The third-order valence-corrected chi connectivity index (χ3v) is 11.2. The van der Waals surface area contributed by atoms with E-state index in [2.05, 4.69) is 187 Å². The van der Waals surface area contributed by atoms with Gasteiger partial charge in [-0.1, -0.05) is 195 Å². The highest BCUT2D eigenvalue weighted by molar-refractivity contribution is 5.92. The van der Waals surface area contributed by atoms with Crippen LogP contribution in [0, 0.1) is 0 Å². The van der Waals surface area contributed by atoms with Gasteiger partial charge in [0.25, 0.3) is 0 Å². The smallest absolute Gasteiger partial charge is 0.184 e. The molecule has 0 saturated heterocycles. The normalized spacial score (nSPS) is 11.8. The van der Waals surface area contributed by atoms with Gasteiger partial charge in [-0.3, -0.25) is 0 Å². The summed E-state index contributed by atoms with van der Waals surface area (Å²) in [6.45, 7) is 2.65. The fourth-order valence-corrected chi connectivity index (χ4v) is 8.41. The van der Waals surface area contributed by atoms with Crippen LogP contribution in [-0.4, -0.2) is 34.9 Å². The van der Waals surface area contributed by atoms with E-state index in [0.29, 0.717) is 18.1 Å². The third kappa shape index (κ3) is 7.06. The van der Waals surface area contributed by atoms with E-state index in [9.17, 15) is 5.11 Å². The zero-order valence-corrected chi connectivity index (χ0v) is 32.9. The first kappa shape index (κ1) is 37.4. The van der Waals surface area contributed by atoms with Crippen LogP contribution in [-0.2, 0) is 25.1 Å². The fraction of sp³-hybridized carbons (Fsp3) is 0.115. The molecule has 0 bridgehead atoms. The maximum atomic E-state index is 10.5. The predicted molar refractivity (Wildman–Crippen MR) is 237 cm³/mol. The van der Waals surface area contributed by atoms with Crippen LogP contribution < -0.4 is 0 Å². The first-order valence-electron chi connectivity index (χ1n) is 20.2. The van der Waals surface area contributed by atoms with Crippen LogP contribution in [0.25, 0.3) is 45.4 Å². The van der Waals surface area contributed by atoms with Crippen LogP contribution in [0.15, 0.2) is 182 Å². The van der Waals surface area contributed by atoms with Crippen molar-refractivity contribution in [1.29, 1.82) is 0 Å². The Morgan fingerprint density at radius 1 is 0.610 bits per heavy atom. The highest BCUT2D eigenvalue weighted by Crippen LogP contribution is 2.43. The van der Waals surface area contributed by atoms with Crippen LogP contribution in [0.3, 0.4) is 0 Å². The minimum Gasteiger partial charge on any atom is -0.390 e. The van der Waals surface area contributed by atoms with Crippen LogP contribution in [0.5, 0.6) is 0 Å². The monoisotopic (exact) mass is 768 g/mol. The minimum absolute atomic E-state index is 0.131. The quantitative estimate of drug-likeness (QED) is 0.118. The number of rotatable bonds is 13. The standard InChI is InChI=1S/C52H44N6O/c1-2-17-50-53-48(37-59)49(35-34-40-20-16-19-39-18-12-13-27-45(39)40)57(50)36-38-30-32-41(33-31-38)46-28-14-15-29-47(46)51-54-55-56-58(51)52(42-21-6-3-7-22-42,43-23-8-4-9-24-43)44-25-10-5-11-26-44/h3-16,18-35,59H,2,17,36-37H2,1H3/b35-34-. The molecule has 2 aromatic heterocycles. The van der Waals surface area contributed by atoms with Crippen molar-refractivity contribution < 1.29 is 5.11 Å². The van der Waals surface area contributed by atoms with Gasteiger partial charge in [0.2, 0.25) is 0 Å². The van der Waals surface area contributed by atoms with Crippen molar-refractivity contribution in [3.05, 3.63) is 227 Å². The van der Waals surface area contributed by atoms with Crippen molar-refractivity contribution in [2.75, 3.05) is 0 Å². The molecule has 0 aliphatic carbocycles. The van der Waals surface area contributed by atoms with E-state index in [1.807, 2.05) is 28.9 Å². The highest BCUT2D eigenvalue weighted by Gasteiger charge is 2.42. The second kappa shape index (κ2) is 16.7. The molecule has 0 aliphatic rings. The van der Waals surface area contributed by atoms with E-state index >= 15 is 0 Å². The third-order valence-electron chi connectivity index (χ3n) is 11.2. The molecule has 0 spiro atoms. The number of aromatic nitrogens is 6. The van der Waals surface area contributed by atoms with Gasteiger partial charge >= 0.3 is 0 Å². The SMILES string of the molecule is CCCc1nc(CO)c(/C=C\c2cccc3ccccc23)n1Cc1ccc(-c2ccccc2-c2nnnn2C(c2ccccc2)(c2ccccc2)c2ccccc2)cc1. The van der Waals surface area contributed by atoms with Gasteiger partial charge in [0, 0.05) is 18.5 Å². The number of hydrogen-bond donors (Lipinski definition) is 1. The number of aliphatic hydroxyl groups is 1. The molecule has 0 atom stereocenters. The Labute approximate surface area is 344 Å². The number of benzene rings is 7. The van der Waals surface area contributed by atoms with Crippen molar-refractivity contribution in [2.45, 2.75) is 38.5 Å². The van der Waals surface area contributed by atoms with E-state index in [4.69, 9.17) is 15.3 Å². The summed E-state index contributed by atoms with van der Waals surface area (Å²) >= 11 is 0. The number of aryl methyl sites for hydroxylation is 1. The van der Waals surface area contributed by atoms with Crippen molar-refractivity contribution in [2.24, 2.45) is 0 Å². The Morgan fingerprint density at radius 2 is 1.20 bits per heavy atom. The van der Waals surface area contributed by atoms with Gasteiger partial charge < -0.3 is 9.67 Å². The second-order valence-corrected chi connectivity index (χ2v) is 14.7. The number of aliphatic hydroxyl groups excluding tert-OH is 1. The van der Waals surface area contributed by atoms with Crippen LogP contribution >= 0.6 is 0 Å². The zero-order chi connectivity index (χ0) is 40.0. The van der Waals surface area contributed by atoms with E-state index in [1.165, 1.54) is 10.8 Å². The van der Waals surface area contributed by atoms with Crippen molar-refractivity contribution in [3.63, 3.8) is 0 Å². The van der Waals surface area contributed by atoms with Gasteiger partial charge in [0.15, 0.2) is 5.82 Å². The molecule has 7 nitrogen and oxygen atoms in total. The van der Waals surface area contributed by atoms with E-state index in [1.54, 1.807) is 0 Å². The maximum Gasteiger partial charge on any atom is 0.184 e. The summed E-state index contributed by atoms with van der Waals surface area (Å²) < 4.78 is 4.24. The lowest BCUT2D eigenvalue weighted by Crippen LogP contribution is -2.39. The minimum atomic E-state index is -0.867. The van der Waals surface area contributed by atoms with Crippen LogP contribution in [0.2, 0.25) is 0 Å². The molecule has 288 valence electrons. The molecular formula is C52H44N6O. The molecule has 0 saturated carbocycles. The van der Waals surface area contributed by atoms with Gasteiger partial charge in [0.1, 0.15) is 11.4 Å². The largest absolute Gasteiger partial charge is 0.390 e. The van der Waals surface area contributed by atoms with E-state index in [-0.39, 0.29) is 6.61 Å². The average molecular weight is 769 g/mol. The first-order chi connectivity index (χ1) is 29.2. The molecule has 9 aromatic rings. The van der Waals surface area contributed by atoms with Gasteiger partial charge in [-0.15, -0.1) is 5.10 Å². The lowest BCUT2D eigenvalue weighted by molar-refractivity contribution is 0.277. The summed E-state index contributed by atoms with van der Waals surface area (Å²) in [5.41, 5.74) is 9.13. The van der Waals surface area contributed by atoms with Crippen molar-refractivity contribution in [3.8, 4) is 22.5 Å². The van der Waals surface area contributed by atoms with E-state index in [0.717, 1.165) is 68.9 Å². The van der Waals surface area contributed by atoms with Crippen molar-refractivity contribution >= 4 is 22.9 Å². The van der Waals surface area contributed by atoms with Gasteiger partial charge in [-0.05, 0) is 72.6 Å². The lowest BCUT2D eigenvalue weighted by Gasteiger charge is -2.36.